The Bertz CT molecular complexity index is 478. The first-order valence-electron chi connectivity index (χ1n) is 8.08. The smallest absolute Gasteiger partial charge is 0.221 e. The summed E-state index contributed by atoms with van der Waals surface area (Å²) in [5.41, 5.74) is 8.19. The van der Waals surface area contributed by atoms with Crippen molar-refractivity contribution >= 4 is 5.91 Å². The normalized spacial score (nSPS) is 18.9. The zero-order chi connectivity index (χ0) is 15.5. The highest BCUT2D eigenvalue weighted by Gasteiger charge is 2.41. The molecule has 0 aromatic heterocycles. The van der Waals surface area contributed by atoms with Crippen LogP contribution in [0.25, 0.3) is 0 Å². The van der Waals surface area contributed by atoms with Crippen molar-refractivity contribution in [2.24, 2.45) is 11.7 Å². The molecule has 1 aromatic carbocycles. The Morgan fingerprint density at radius 2 is 2.00 bits per heavy atom. The number of carbonyl (C=O) groups excluding carboxylic acids is 1. The molecule has 2 rings (SSSR count). The number of hydrogen-bond donors (Lipinski definition) is 2. The Hall–Kier alpha value is -1.35. The van der Waals surface area contributed by atoms with E-state index in [1.54, 1.807) is 0 Å². The van der Waals surface area contributed by atoms with Crippen molar-refractivity contribution in [2.45, 2.75) is 57.9 Å². The fourth-order valence-electron chi connectivity index (χ4n) is 2.89. The van der Waals surface area contributed by atoms with Crippen molar-refractivity contribution in [1.82, 2.24) is 5.32 Å². The molecule has 0 spiro atoms. The number of carbonyl (C=O) groups is 1. The molecular weight excluding hydrogens is 260 g/mol. The van der Waals surface area contributed by atoms with Gasteiger partial charge in [0.2, 0.25) is 5.91 Å². The van der Waals surface area contributed by atoms with Crippen molar-refractivity contribution < 1.29 is 4.79 Å². The summed E-state index contributed by atoms with van der Waals surface area (Å²) in [5.74, 6) is 0.907. The lowest BCUT2D eigenvalue weighted by molar-refractivity contribution is -0.123. The van der Waals surface area contributed by atoms with Crippen LogP contribution in [0.3, 0.4) is 0 Å². The SMILES string of the molecule is CCc1ccc(C(C)CC(=O)NC(C)(CN)C2CC2)cc1. The maximum Gasteiger partial charge on any atom is 0.221 e. The van der Waals surface area contributed by atoms with Crippen molar-refractivity contribution in [3.05, 3.63) is 35.4 Å². The minimum absolute atomic E-state index is 0.113. The molecule has 1 saturated carbocycles. The summed E-state index contributed by atoms with van der Waals surface area (Å²) in [6.45, 7) is 6.85. The minimum atomic E-state index is -0.219. The number of amides is 1. The highest BCUT2D eigenvalue weighted by molar-refractivity contribution is 5.77. The Balaban J connectivity index is 1.91. The van der Waals surface area contributed by atoms with Crippen LogP contribution in [0.15, 0.2) is 24.3 Å². The summed E-state index contributed by atoms with van der Waals surface area (Å²) in [6, 6.07) is 8.58. The monoisotopic (exact) mass is 288 g/mol. The Morgan fingerprint density at radius 1 is 1.38 bits per heavy atom. The predicted octanol–water partition coefficient (Wildman–Crippen LogP) is 2.99. The van der Waals surface area contributed by atoms with Gasteiger partial charge in [-0.05, 0) is 49.1 Å². The fraction of sp³-hybridized carbons (Fsp3) is 0.611. The van der Waals surface area contributed by atoms with Crippen LogP contribution in [-0.2, 0) is 11.2 Å². The molecule has 1 aliphatic rings. The summed E-state index contributed by atoms with van der Waals surface area (Å²) in [7, 11) is 0. The van der Waals surface area contributed by atoms with Gasteiger partial charge in [-0.2, -0.15) is 0 Å². The number of aryl methyl sites for hydroxylation is 1. The average Bonchev–Trinajstić information content (AvgIpc) is 3.32. The van der Waals surface area contributed by atoms with E-state index in [9.17, 15) is 4.79 Å². The first kappa shape index (κ1) is 16.0. The minimum Gasteiger partial charge on any atom is -0.349 e. The topological polar surface area (TPSA) is 55.1 Å². The molecule has 0 bridgehead atoms. The van der Waals surface area contributed by atoms with E-state index in [0.717, 1.165) is 6.42 Å². The van der Waals surface area contributed by atoms with Crippen LogP contribution in [-0.4, -0.2) is 18.0 Å². The van der Waals surface area contributed by atoms with Gasteiger partial charge in [-0.15, -0.1) is 0 Å². The summed E-state index contributed by atoms with van der Waals surface area (Å²) in [5, 5.41) is 3.16. The second-order valence-electron chi connectivity index (χ2n) is 6.64. The van der Waals surface area contributed by atoms with Gasteiger partial charge in [0, 0.05) is 13.0 Å². The Morgan fingerprint density at radius 3 is 2.48 bits per heavy atom. The highest BCUT2D eigenvalue weighted by atomic mass is 16.1. The number of benzene rings is 1. The molecule has 0 saturated heterocycles. The lowest BCUT2D eigenvalue weighted by atomic mass is 9.93. The van der Waals surface area contributed by atoms with Crippen LogP contribution in [0, 0.1) is 5.92 Å². The molecule has 2 unspecified atom stereocenters. The molecule has 0 heterocycles. The van der Waals surface area contributed by atoms with Crippen molar-refractivity contribution in [3.63, 3.8) is 0 Å². The zero-order valence-electron chi connectivity index (χ0n) is 13.5. The van der Waals surface area contributed by atoms with E-state index >= 15 is 0 Å². The van der Waals surface area contributed by atoms with Gasteiger partial charge in [-0.1, -0.05) is 38.1 Å². The quantitative estimate of drug-likeness (QED) is 0.810. The van der Waals surface area contributed by atoms with E-state index in [-0.39, 0.29) is 17.4 Å². The van der Waals surface area contributed by atoms with Crippen LogP contribution in [0.1, 0.15) is 57.1 Å². The maximum atomic E-state index is 12.3. The number of nitrogens with one attached hydrogen (secondary N) is 1. The van der Waals surface area contributed by atoms with E-state index in [1.165, 1.54) is 24.0 Å². The van der Waals surface area contributed by atoms with Crippen molar-refractivity contribution in [2.75, 3.05) is 6.54 Å². The highest BCUT2D eigenvalue weighted by Crippen LogP contribution is 2.39. The molecule has 3 N–H and O–H groups in total. The summed E-state index contributed by atoms with van der Waals surface area (Å²) in [4.78, 5) is 12.3. The van der Waals surface area contributed by atoms with Gasteiger partial charge >= 0.3 is 0 Å². The molecule has 1 aliphatic carbocycles. The van der Waals surface area contributed by atoms with Gasteiger partial charge in [0.1, 0.15) is 0 Å². The van der Waals surface area contributed by atoms with Gasteiger partial charge in [0.15, 0.2) is 0 Å². The molecule has 0 radical (unpaired) electrons. The van der Waals surface area contributed by atoms with Crippen LogP contribution < -0.4 is 11.1 Å². The van der Waals surface area contributed by atoms with Gasteiger partial charge in [0.05, 0.1) is 5.54 Å². The van der Waals surface area contributed by atoms with E-state index in [0.29, 0.717) is 18.9 Å². The van der Waals surface area contributed by atoms with E-state index in [2.05, 4.69) is 50.4 Å². The lowest BCUT2D eigenvalue weighted by Gasteiger charge is -2.30. The zero-order valence-corrected chi connectivity index (χ0v) is 13.5. The number of nitrogens with two attached hydrogens (primary N) is 1. The second-order valence-corrected chi connectivity index (χ2v) is 6.64. The maximum absolute atomic E-state index is 12.3. The van der Waals surface area contributed by atoms with Crippen molar-refractivity contribution in [3.8, 4) is 0 Å². The molecule has 3 nitrogen and oxygen atoms in total. The summed E-state index contributed by atoms with van der Waals surface area (Å²) >= 11 is 0. The first-order valence-corrected chi connectivity index (χ1v) is 8.08. The third-order valence-corrected chi connectivity index (χ3v) is 4.78. The lowest BCUT2D eigenvalue weighted by Crippen LogP contribution is -2.53. The van der Waals surface area contributed by atoms with Crippen LogP contribution in [0.4, 0.5) is 0 Å². The van der Waals surface area contributed by atoms with Gasteiger partial charge in [0.25, 0.3) is 0 Å². The van der Waals surface area contributed by atoms with Crippen LogP contribution in [0.5, 0.6) is 0 Å². The molecule has 1 aromatic rings. The van der Waals surface area contributed by atoms with Crippen LogP contribution >= 0.6 is 0 Å². The Labute approximate surface area is 128 Å². The number of hydrogen-bond acceptors (Lipinski definition) is 2. The van der Waals surface area contributed by atoms with Gasteiger partial charge in [-0.25, -0.2) is 0 Å². The van der Waals surface area contributed by atoms with Crippen LogP contribution in [0.2, 0.25) is 0 Å². The molecule has 1 fully saturated rings. The molecule has 116 valence electrons. The average molecular weight is 288 g/mol. The largest absolute Gasteiger partial charge is 0.349 e. The summed E-state index contributed by atoms with van der Waals surface area (Å²) in [6.07, 6.45) is 3.93. The van der Waals surface area contributed by atoms with Crippen molar-refractivity contribution in [1.29, 1.82) is 0 Å². The third kappa shape index (κ3) is 4.07. The molecule has 0 aliphatic heterocycles. The first-order chi connectivity index (χ1) is 9.98. The van der Waals surface area contributed by atoms with E-state index < -0.39 is 0 Å². The van der Waals surface area contributed by atoms with Gasteiger partial charge in [-0.3, -0.25) is 4.79 Å². The van der Waals surface area contributed by atoms with E-state index in [4.69, 9.17) is 5.73 Å². The second kappa shape index (κ2) is 6.61. The molecule has 3 heteroatoms. The van der Waals surface area contributed by atoms with Gasteiger partial charge < -0.3 is 11.1 Å². The predicted molar refractivity (Wildman–Crippen MR) is 87.2 cm³/mol. The summed E-state index contributed by atoms with van der Waals surface area (Å²) < 4.78 is 0. The molecule has 2 atom stereocenters. The van der Waals surface area contributed by atoms with E-state index in [1.807, 2.05) is 0 Å². The molecule has 21 heavy (non-hydrogen) atoms. The molecule has 1 amide bonds. The molecular formula is C18H28N2O. The Kier molecular flexibility index (Phi) is 5.04. The fourth-order valence-corrected chi connectivity index (χ4v) is 2.89. The third-order valence-electron chi connectivity index (χ3n) is 4.78. The standard InChI is InChI=1S/C18H28N2O/c1-4-14-5-7-15(8-6-14)13(2)11-17(21)20-18(3,12-19)16-9-10-16/h5-8,13,16H,4,9-12,19H2,1-3H3,(H,20,21). The number of rotatable bonds is 7.